The summed E-state index contributed by atoms with van der Waals surface area (Å²) in [6, 6.07) is 7.38. The summed E-state index contributed by atoms with van der Waals surface area (Å²) in [6.07, 6.45) is 2.37. The molecule has 0 amide bonds. The van der Waals surface area contributed by atoms with E-state index in [0.717, 1.165) is 0 Å². The summed E-state index contributed by atoms with van der Waals surface area (Å²) in [4.78, 5) is 4.21. The summed E-state index contributed by atoms with van der Waals surface area (Å²) >= 11 is 5.71. The Morgan fingerprint density at radius 3 is 2.81 bits per heavy atom. The molecule has 110 valence electrons. The van der Waals surface area contributed by atoms with E-state index in [1.165, 1.54) is 31.0 Å². The van der Waals surface area contributed by atoms with Crippen molar-refractivity contribution < 1.29 is 13.9 Å². The fraction of sp³-hybridized carbons (Fsp3) is 0.267. The molecule has 1 heterocycles. The van der Waals surface area contributed by atoms with Gasteiger partial charge in [0.15, 0.2) is 0 Å². The molecule has 6 heteroatoms. The molecule has 3 rings (SSSR count). The first-order valence-electron chi connectivity index (χ1n) is 6.64. The van der Waals surface area contributed by atoms with Gasteiger partial charge in [0, 0.05) is 12.1 Å². The minimum Gasteiger partial charge on any atom is -0.476 e. The van der Waals surface area contributed by atoms with Crippen LogP contribution in [0.4, 0.5) is 10.1 Å². The second kappa shape index (κ2) is 5.77. The molecule has 0 radical (unpaired) electrons. The molecule has 1 aromatic carbocycles. The predicted molar refractivity (Wildman–Crippen MR) is 78.4 cm³/mol. The molecule has 0 unspecified atom stereocenters. The van der Waals surface area contributed by atoms with Crippen LogP contribution in [0.15, 0.2) is 30.3 Å². The van der Waals surface area contributed by atoms with E-state index in [4.69, 9.17) is 26.8 Å². The van der Waals surface area contributed by atoms with Crippen LogP contribution in [0.25, 0.3) is 0 Å². The highest BCUT2D eigenvalue weighted by Gasteiger charge is 2.22. The van der Waals surface area contributed by atoms with Gasteiger partial charge in [-0.2, -0.15) is 4.98 Å². The smallest absolute Gasteiger partial charge is 0.240 e. The van der Waals surface area contributed by atoms with Crippen LogP contribution in [-0.2, 0) is 0 Å². The average Bonchev–Trinajstić information content (AvgIpc) is 3.28. The summed E-state index contributed by atoms with van der Waals surface area (Å²) in [5, 5.41) is -0.00634. The number of aromatic nitrogens is 1. The van der Waals surface area contributed by atoms with E-state index < -0.39 is 5.82 Å². The van der Waals surface area contributed by atoms with E-state index in [1.807, 2.05) is 0 Å². The first-order chi connectivity index (χ1) is 10.1. The van der Waals surface area contributed by atoms with Crippen LogP contribution in [0.1, 0.15) is 12.8 Å². The van der Waals surface area contributed by atoms with Crippen LogP contribution >= 0.6 is 11.6 Å². The first kappa shape index (κ1) is 13.9. The maximum Gasteiger partial charge on any atom is 0.240 e. The second-order valence-corrected chi connectivity index (χ2v) is 5.38. The Hall–Kier alpha value is -2.01. The number of hydrogen-bond donors (Lipinski definition) is 1. The number of halogens is 2. The van der Waals surface area contributed by atoms with E-state index >= 15 is 0 Å². The molecule has 1 aliphatic carbocycles. The van der Waals surface area contributed by atoms with Crippen molar-refractivity contribution in [2.45, 2.75) is 12.8 Å². The number of anilines is 1. The van der Waals surface area contributed by atoms with Gasteiger partial charge in [-0.1, -0.05) is 11.6 Å². The van der Waals surface area contributed by atoms with Gasteiger partial charge in [-0.15, -0.1) is 0 Å². The topological polar surface area (TPSA) is 57.4 Å². The van der Waals surface area contributed by atoms with Gasteiger partial charge in [0.1, 0.15) is 11.6 Å². The Labute approximate surface area is 126 Å². The Bertz CT molecular complexity index is 662. The van der Waals surface area contributed by atoms with E-state index in [9.17, 15) is 4.39 Å². The molecule has 0 bridgehead atoms. The molecule has 2 aromatic rings. The molecule has 0 aliphatic heterocycles. The average molecular weight is 309 g/mol. The highest BCUT2D eigenvalue weighted by molar-refractivity contribution is 6.30. The molecule has 0 saturated heterocycles. The minimum atomic E-state index is -0.497. The molecule has 4 nitrogen and oxygen atoms in total. The van der Waals surface area contributed by atoms with Crippen molar-refractivity contribution in [1.82, 2.24) is 4.98 Å². The lowest BCUT2D eigenvalue weighted by atomic mass is 10.3. The zero-order valence-electron chi connectivity index (χ0n) is 11.2. The third kappa shape index (κ3) is 3.55. The zero-order valence-corrected chi connectivity index (χ0v) is 11.9. The lowest BCUT2D eigenvalue weighted by Gasteiger charge is -2.10. The molecular weight excluding hydrogens is 295 g/mol. The van der Waals surface area contributed by atoms with Crippen LogP contribution in [-0.4, -0.2) is 11.6 Å². The monoisotopic (exact) mass is 308 g/mol. The van der Waals surface area contributed by atoms with E-state index in [1.54, 1.807) is 12.1 Å². The van der Waals surface area contributed by atoms with E-state index in [2.05, 4.69) is 4.98 Å². The number of nitrogens with zero attached hydrogens (tertiary/aromatic N) is 1. The number of pyridine rings is 1. The van der Waals surface area contributed by atoms with Crippen LogP contribution < -0.4 is 15.2 Å². The predicted octanol–water partition coefficient (Wildman–Crippen LogP) is 4.04. The molecule has 2 N–H and O–H groups in total. The summed E-state index contributed by atoms with van der Waals surface area (Å²) < 4.78 is 24.2. The molecule has 1 aromatic heterocycles. The first-order valence-corrected chi connectivity index (χ1v) is 7.02. The molecule has 0 atom stereocenters. The number of ether oxygens (including phenoxy) is 2. The molecule has 1 saturated carbocycles. The number of nitrogen functional groups attached to an aromatic ring is 1. The van der Waals surface area contributed by atoms with Crippen LogP contribution in [0.5, 0.6) is 17.5 Å². The van der Waals surface area contributed by atoms with Crippen molar-refractivity contribution in [3.63, 3.8) is 0 Å². The fourth-order valence-corrected chi connectivity index (χ4v) is 1.92. The summed E-state index contributed by atoms with van der Waals surface area (Å²) in [6.45, 7) is 0.614. The van der Waals surface area contributed by atoms with Gasteiger partial charge in [-0.25, -0.2) is 4.39 Å². The van der Waals surface area contributed by atoms with Gasteiger partial charge in [0.05, 0.1) is 17.3 Å². The van der Waals surface area contributed by atoms with Crippen molar-refractivity contribution >= 4 is 17.3 Å². The highest BCUT2D eigenvalue weighted by Crippen LogP contribution is 2.32. The van der Waals surface area contributed by atoms with E-state index in [0.29, 0.717) is 35.7 Å². The second-order valence-electron chi connectivity index (χ2n) is 4.98. The molecule has 1 aliphatic rings. The third-order valence-electron chi connectivity index (χ3n) is 3.13. The van der Waals surface area contributed by atoms with Crippen molar-refractivity contribution in [3.8, 4) is 17.5 Å². The number of benzene rings is 1. The van der Waals surface area contributed by atoms with Gasteiger partial charge in [0.2, 0.25) is 11.8 Å². The molecular formula is C15H14ClFN2O2. The van der Waals surface area contributed by atoms with Crippen LogP contribution in [0.2, 0.25) is 5.02 Å². The molecule has 1 fully saturated rings. The largest absolute Gasteiger partial charge is 0.476 e. The Balaban J connectivity index is 1.74. The summed E-state index contributed by atoms with van der Waals surface area (Å²) in [7, 11) is 0. The summed E-state index contributed by atoms with van der Waals surface area (Å²) in [5.74, 6) is 1.17. The van der Waals surface area contributed by atoms with Crippen LogP contribution in [0, 0.1) is 11.7 Å². The molecule has 21 heavy (non-hydrogen) atoms. The normalized spacial score (nSPS) is 14.0. The van der Waals surface area contributed by atoms with Crippen molar-refractivity contribution in [2.24, 2.45) is 5.92 Å². The van der Waals surface area contributed by atoms with Crippen molar-refractivity contribution in [2.75, 3.05) is 12.3 Å². The van der Waals surface area contributed by atoms with Gasteiger partial charge in [-0.05, 0) is 37.0 Å². The lowest BCUT2D eigenvalue weighted by molar-refractivity contribution is 0.286. The number of nitrogens with two attached hydrogens (primary N) is 1. The maximum absolute atomic E-state index is 13.1. The van der Waals surface area contributed by atoms with Gasteiger partial charge >= 0.3 is 0 Å². The van der Waals surface area contributed by atoms with Crippen molar-refractivity contribution in [1.29, 1.82) is 0 Å². The van der Waals surface area contributed by atoms with Gasteiger partial charge in [-0.3, -0.25) is 0 Å². The Morgan fingerprint density at radius 1 is 1.29 bits per heavy atom. The molecule has 0 spiro atoms. The standard InChI is InChI=1S/C15H14ClFN2O2/c16-11-7-10(3-4-12(11)17)21-14-6-5-13(18)15(19-14)20-8-9-1-2-9/h3-7,9H,1-2,8,18H2. The number of rotatable bonds is 5. The van der Waals surface area contributed by atoms with Gasteiger partial charge < -0.3 is 15.2 Å². The third-order valence-corrected chi connectivity index (χ3v) is 3.42. The zero-order chi connectivity index (χ0) is 14.8. The maximum atomic E-state index is 13.1. The Morgan fingerprint density at radius 2 is 2.10 bits per heavy atom. The quantitative estimate of drug-likeness (QED) is 0.905. The highest BCUT2D eigenvalue weighted by atomic mass is 35.5. The fourth-order valence-electron chi connectivity index (χ4n) is 1.75. The van der Waals surface area contributed by atoms with Crippen molar-refractivity contribution in [3.05, 3.63) is 41.2 Å². The van der Waals surface area contributed by atoms with Crippen LogP contribution in [0.3, 0.4) is 0 Å². The Kier molecular flexibility index (Phi) is 3.84. The SMILES string of the molecule is Nc1ccc(Oc2ccc(F)c(Cl)c2)nc1OCC1CC1. The van der Waals surface area contributed by atoms with E-state index in [-0.39, 0.29) is 5.02 Å². The summed E-state index contributed by atoms with van der Waals surface area (Å²) in [5.41, 5.74) is 6.28. The number of hydrogen-bond acceptors (Lipinski definition) is 4. The lowest BCUT2D eigenvalue weighted by Crippen LogP contribution is -2.04. The van der Waals surface area contributed by atoms with Gasteiger partial charge in [0.25, 0.3) is 0 Å². The minimum absolute atomic E-state index is 0.00634.